The number of nitrogens with zero attached hydrogens (tertiary/aromatic N) is 6. The summed E-state index contributed by atoms with van der Waals surface area (Å²) in [5.74, 6) is -1.37. The van der Waals surface area contributed by atoms with E-state index in [0.29, 0.717) is 11.1 Å². The molecule has 0 bridgehead atoms. The zero-order valence-corrected chi connectivity index (χ0v) is 24.2. The second kappa shape index (κ2) is 10.5. The van der Waals surface area contributed by atoms with Crippen LogP contribution in [0.3, 0.4) is 0 Å². The molecule has 5 rings (SSSR count). The van der Waals surface area contributed by atoms with Crippen molar-refractivity contribution in [2.24, 2.45) is 12.8 Å². The van der Waals surface area contributed by atoms with Crippen LogP contribution in [0.4, 0.5) is 20.7 Å². The number of aromatic nitrogens is 5. The predicted molar refractivity (Wildman–Crippen MR) is 154 cm³/mol. The molecule has 0 fully saturated rings. The van der Waals surface area contributed by atoms with Crippen LogP contribution in [0.15, 0.2) is 23.1 Å². The third-order valence-corrected chi connectivity index (χ3v) is 6.73. The monoisotopic (exact) mass is 589 g/mol. The van der Waals surface area contributed by atoms with Gasteiger partial charge in [0, 0.05) is 37.7 Å². The number of hydrogen-bond acceptors (Lipinski definition) is 10. The quantitative estimate of drug-likeness (QED) is 0.318. The van der Waals surface area contributed by atoms with Crippen LogP contribution in [-0.4, -0.2) is 55.7 Å². The van der Waals surface area contributed by atoms with Crippen molar-refractivity contribution < 1.29 is 23.5 Å². The second-order valence-electron chi connectivity index (χ2n) is 10.9. The summed E-state index contributed by atoms with van der Waals surface area (Å²) in [7, 11) is 2.95. The molecule has 0 radical (unpaired) electrons. The van der Waals surface area contributed by atoms with Gasteiger partial charge < -0.3 is 20.5 Å². The van der Waals surface area contributed by atoms with Crippen LogP contribution < -0.4 is 26.2 Å². The van der Waals surface area contributed by atoms with Gasteiger partial charge in [0.1, 0.15) is 23.1 Å². The Balaban J connectivity index is 1.80. The van der Waals surface area contributed by atoms with Gasteiger partial charge in [0.2, 0.25) is 0 Å². The van der Waals surface area contributed by atoms with Gasteiger partial charge in [-0.05, 0) is 33.8 Å². The van der Waals surface area contributed by atoms with Crippen molar-refractivity contribution in [3.63, 3.8) is 0 Å². The molecule has 0 spiro atoms. The molecule has 15 heteroatoms. The first-order valence-corrected chi connectivity index (χ1v) is 13.1. The van der Waals surface area contributed by atoms with Crippen molar-refractivity contribution in [2.75, 3.05) is 17.3 Å². The van der Waals surface area contributed by atoms with Crippen LogP contribution in [0.5, 0.6) is 5.75 Å². The number of nitrogens with one attached hydrogen (secondary N) is 2. The Morgan fingerprint density at radius 2 is 2.05 bits per heavy atom. The number of H-pyrrole nitrogens is 1. The van der Waals surface area contributed by atoms with Gasteiger partial charge in [-0.15, -0.1) is 0 Å². The van der Waals surface area contributed by atoms with Gasteiger partial charge >= 0.3 is 6.09 Å². The zero-order valence-electron chi connectivity index (χ0n) is 24.2. The lowest BCUT2D eigenvalue weighted by Gasteiger charge is -2.26. The van der Waals surface area contributed by atoms with E-state index in [0.717, 1.165) is 11.0 Å². The predicted octanol–water partition coefficient (Wildman–Crippen LogP) is 2.95. The highest BCUT2D eigenvalue weighted by atomic mass is 19.1. The van der Waals surface area contributed by atoms with Gasteiger partial charge in [-0.25, -0.2) is 19.3 Å². The van der Waals surface area contributed by atoms with Crippen LogP contribution in [0.1, 0.15) is 39.0 Å². The number of amides is 2. The summed E-state index contributed by atoms with van der Waals surface area (Å²) < 4.78 is 28.4. The Kier molecular flexibility index (Phi) is 7.10. The molecule has 3 aromatic heterocycles. The number of hydrogen-bond donors (Lipinski definition) is 3. The maximum absolute atomic E-state index is 15.8. The van der Waals surface area contributed by atoms with E-state index >= 15 is 4.39 Å². The number of aromatic amines is 1. The van der Waals surface area contributed by atoms with E-state index in [1.807, 2.05) is 6.07 Å². The van der Waals surface area contributed by atoms with E-state index in [2.05, 4.69) is 25.6 Å². The highest BCUT2D eigenvalue weighted by Crippen LogP contribution is 2.44. The number of aryl methyl sites for hydroxylation is 1. The number of pyridine rings is 1. The highest BCUT2D eigenvalue weighted by Gasteiger charge is 2.33. The van der Waals surface area contributed by atoms with E-state index in [9.17, 15) is 19.6 Å². The lowest BCUT2D eigenvalue weighted by atomic mass is 9.96. The van der Waals surface area contributed by atoms with Crippen LogP contribution in [-0.2, 0) is 23.1 Å². The molecule has 1 aromatic carbocycles. The number of anilines is 2. The number of carbonyl (C=O) groups excluding carboxylic acids is 2. The molecular formula is C28H28FN9O5. The van der Waals surface area contributed by atoms with Crippen molar-refractivity contribution >= 4 is 34.3 Å². The van der Waals surface area contributed by atoms with Gasteiger partial charge in [-0.2, -0.15) is 15.5 Å². The smallest absolute Gasteiger partial charge is 0.415 e. The van der Waals surface area contributed by atoms with Gasteiger partial charge in [0.15, 0.2) is 17.7 Å². The standard InChI is InChI=1S/C28H28FN9O5/c1-12-25(39)34-18-8-16(29)20(14(9-30)23(18)42-12)22-15(11-32-38(22)6)17-7-13-19(10-31)35-36-26(40)21(13)24(33-17)37(5)27(41)43-28(2,3)4/h7-8,11-12H,10,31H2,1-6H3,(H,34,39)(H,36,40)/t12-/m0/s1. The molecule has 0 aliphatic carbocycles. The van der Waals surface area contributed by atoms with Crippen LogP contribution >= 0.6 is 0 Å². The second-order valence-corrected chi connectivity index (χ2v) is 10.9. The third kappa shape index (κ3) is 5.01. The molecule has 1 aliphatic heterocycles. The number of fused-ring (bicyclic) bond motifs is 2. The Hall–Kier alpha value is -5.36. The Bertz CT molecular complexity index is 1920. The summed E-state index contributed by atoms with van der Waals surface area (Å²) in [5, 5.41) is 23.8. The molecule has 43 heavy (non-hydrogen) atoms. The summed E-state index contributed by atoms with van der Waals surface area (Å²) in [6.07, 6.45) is -0.289. The third-order valence-electron chi connectivity index (χ3n) is 6.73. The molecule has 1 atom stereocenters. The van der Waals surface area contributed by atoms with Gasteiger partial charge in [0.25, 0.3) is 11.5 Å². The number of nitrogens with two attached hydrogens (primary N) is 1. The minimum atomic E-state index is -0.919. The molecule has 0 saturated carbocycles. The lowest BCUT2D eigenvalue weighted by Crippen LogP contribution is -2.35. The molecule has 2 amide bonds. The number of carbonyl (C=O) groups is 2. The summed E-state index contributed by atoms with van der Waals surface area (Å²) in [6, 6.07) is 4.60. The fourth-order valence-corrected chi connectivity index (χ4v) is 4.74. The Morgan fingerprint density at radius 3 is 2.70 bits per heavy atom. The molecule has 4 heterocycles. The summed E-state index contributed by atoms with van der Waals surface area (Å²) >= 11 is 0. The van der Waals surface area contributed by atoms with Crippen molar-refractivity contribution in [1.29, 1.82) is 5.26 Å². The van der Waals surface area contributed by atoms with Gasteiger partial charge in [0.05, 0.1) is 39.9 Å². The van der Waals surface area contributed by atoms with E-state index in [1.165, 1.54) is 30.9 Å². The molecule has 4 aromatic rings. The molecule has 222 valence electrons. The Morgan fingerprint density at radius 1 is 1.33 bits per heavy atom. The molecular weight excluding hydrogens is 561 g/mol. The van der Waals surface area contributed by atoms with E-state index in [1.54, 1.807) is 27.8 Å². The molecule has 14 nitrogen and oxygen atoms in total. The molecule has 0 unspecified atom stereocenters. The zero-order chi connectivity index (χ0) is 31.4. The molecule has 0 saturated heterocycles. The minimum Gasteiger partial charge on any atom is -0.477 e. The number of halogens is 1. The van der Waals surface area contributed by atoms with E-state index in [-0.39, 0.29) is 57.3 Å². The largest absolute Gasteiger partial charge is 0.477 e. The number of nitriles is 1. The summed E-state index contributed by atoms with van der Waals surface area (Å²) in [5.41, 5.74) is 5.06. The summed E-state index contributed by atoms with van der Waals surface area (Å²) in [6.45, 7) is 6.53. The van der Waals surface area contributed by atoms with Crippen molar-refractivity contribution in [1.82, 2.24) is 25.0 Å². The fraction of sp³-hybridized carbons (Fsp3) is 0.321. The topological polar surface area (TPSA) is 194 Å². The maximum Gasteiger partial charge on any atom is 0.415 e. The number of rotatable bonds is 4. The van der Waals surface area contributed by atoms with Crippen LogP contribution in [0.25, 0.3) is 33.3 Å². The number of benzene rings is 1. The average Bonchev–Trinajstić information content (AvgIpc) is 3.32. The Labute approximate surface area is 244 Å². The first-order valence-electron chi connectivity index (χ1n) is 13.1. The normalized spacial score (nSPS) is 14.5. The van der Waals surface area contributed by atoms with E-state index in [4.69, 9.17) is 15.2 Å². The fourth-order valence-electron chi connectivity index (χ4n) is 4.74. The van der Waals surface area contributed by atoms with Crippen molar-refractivity contribution in [3.8, 4) is 34.3 Å². The SMILES string of the molecule is C[C@@H]1Oc2c(cc(F)c(-c3c(-c4cc5c(CN)n[nH]c(=O)c5c(N(C)C(=O)OC(C)(C)C)n4)cnn3C)c2C#N)NC1=O. The first-order chi connectivity index (χ1) is 20.2. The molecule has 4 N–H and O–H groups in total. The first kappa shape index (κ1) is 29.1. The lowest BCUT2D eigenvalue weighted by molar-refractivity contribution is -0.122. The molecule has 1 aliphatic rings. The van der Waals surface area contributed by atoms with Crippen molar-refractivity contribution in [3.05, 3.63) is 45.8 Å². The van der Waals surface area contributed by atoms with Gasteiger partial charge in [-0.3, -0.25) is 19.2 Å². The highest BCUT2D eigenvalue weighted by molar-refractivity contribution is 6.03. The van der Waals surface area contributed by atoms with E-state index < -0.39 is 35.1 Å². The minimum absolute atomic E-state index is 0.0103. The van der Waals surface area contributed by atoms with Gasteiger partial charge in [-0.1, -0.05) is 0 Å². The maximum atomic E-state index is 15.8. The summed E-state index contributed by atoms with van der Waals surface area (Å²) in [4.78, 5) is 44.0. The average molecular weight is 590 g/mol. The number of ether oxygens (including phenoxy) is 2. The van der Waals surface area contributed by atoms with Crippen molar-refractivity contribution in [2.45, 2.75) is 45.9 Å². The van der Waals surface area contributed by atoms with Crippen LogP contribution in [0.2, 0.25) is 0 Å². The van der Waals surface area contributed by atoms with Crippen LogP contribution in [0, 0.1) is 17.1 Å².